The lowest BCUT2D eigenvalue weighted by molar-refractivity contribution is -0.117. The molecule has 0 unspecified atom stereocenters. The number of aromatic hydroxyl groups is 1. The number of fused-ring (bicyclic) bond motifs is 1. The third-order valence-corrected chi connectivity index (χ3v) is 3.19. The van der Waals surface area contributed by atoms with Gasteiger partial charge in [-0.2, -0.15) is 0 Å². The number of carbonyl (C=O) groups excluding carboxylic acids is 1. The number of aromatic nitrogens is 1. The SMILES string of the molecule is O=C(Cc1ccc(F)cc1)N=Nc1c(O)[nH]c2ccccc12. The summed E-state index contributed by atoms with van der Waals surface area (Å²) in [6.45, 7) is 0. The second-order valence-electron chi connectivity index (χ2n) is 4.76. The number of aromatic amines is 1. The molecule has 0 atom stereocenters. The van der Waals surface area contributed by atoms with Crippen LogP contribution in [0, 0.1) is 5.82 Å². The van der Waals surface area contributed by atoms with Gasteiger partial charge in [0, 0.05) is 5.39 Å². The van der Waals surface area contributed by atoms with Gasteiger partial charge in [-0.3, -0.25) is 4.79 Å². The van der Waals surface area contributed by atoms with E-state index in [1.54, 1.807) is 18.2 Å². The Morgan fingerprint density at radius 1 is 1.14 bits per heavy atom. The molecule has 1 amide bonds. The van der Waals surface area contributed by atoms with Gasteiger partial charge in [-0.1, -0.05) is 30.3 Å². The minimum Gasteiger partial charge on any atom is -0.493 e. The van der Waals surface area contributed by atoms with Crippen molar-refractivity contribution < 1.29 is 14.3 Å². The predicted molar refractivity (Wildman–Crippen MR) is 79.6 cm³/mol. The molecule has 1 aromatic heterocycles. The summed E-state index contributed by atoms with van der Waals surface area (Å²) in [6, 6.07) is 12.8. The standard InChI is InChI=1S/C16H12FN3O2/c17-11-7-5-10(6-8-11)9-14(21)19-20-15-12-3-1-2-4-13(12)18-16(15)22/h1-8,18,22H,9H2. The summed E-state index contributed by atoms with van der Waals surface area (Å²) in [6.07, 6.45) is 0.0207. The third kappa shape index (κ3) is 2.85. The highest BCUT2D eigenvalue weighted by Gasteiger charge is 2.10. The first-order valence-electron chi connectivity index (χ1n) is 6.62. The number of amides is 1. The van der Waals surface area contributed by atoms with Gasteiger partial charge in [0.15, 0.2) is 5.69 Å². The molecule has 0 aliphatic carbocycles. The van der Waals surface area contributed by atoms with E-state index in [0.29, 0.717) is 16.5 Å². The number of halogens is 1. The van der Waals surface area contributed by atoms with Crippen LogP contribution in [0.15, 0.2) is 58.8 Å². The average molecular weight is 297 g/mol. The van der Waals surface area contributed by atoms with Gasteiger partial charge >= 0.3 is 0 Å². The van der Waals surface area contributed by atoms with E-state index in [0.717, 1.165) is 0 Å². The zero-order valence-electron chi connectivity index (χ0n) is 11.5. The molecule has 0 radical (unpaired) electrons. The highest BCUT2D eigenvalue weighted by atomic mass is 19.1. The highest BCUT2D eigenvalue weighted by molar-refractivity contribution is 5.94. The molecule has 2 aromatic carbocycles. The number of hydrogen-bond donors (Lipinski definition) is 2. The van der Waals surface area contributed by atoms with Gasteiger partial charge in [0.05, 0.1) is 11.9 Å². The highest BCUT2D eigenvalue weighted by Crippen LogP contribution is 2.35. The Hall–Kier alpha value is -3.02. The van der Waals surface area contributed by atoms with Crippen molar-refractivity contribution in [2.75, 3.05) is 0 Å². The number of para-hydroxylation sites is 1. The Morgan fingerprint density at radius 3 is 2.64 bits per heavy atom. The van der Waals surface area contributed by atoms with E-state index in [1.807, 2.05) is 6.07 Å². The van der Waals surface area contributed by atoms with Crippen molar-refractivity contribution in [2.45, 2.75) is 6.42 Å². The molecular weight excluding hydrogens is 285 g/mol. The van der Waals surface area contributed by atoms with Crippen LogP contribution in [0.25, 0.3) is 10.9 Å². The van der Waals surface area contributed by atoms with Crippen LogP contribution in [0.4, 0.5) is 10.1 Å². The topological polar surface area (TPSA) is 77.8 Å². The van der Waals surface area contributed by atoms with Crippen molar-refractivity contribution in [2.24, 2.45) is 10.2 Å². The zero-order chi connectivity index (χ0) is 15.5. The smallest absolute Gasteiger partial charge is 0.269 e. The van der Waals surface area contributed by atoms with Gasteiger partial charge in [-0.25, -0.2) is 4.39 Å². The van der Waals surface area contributed by atoms with E-state index in [1.165, 1.54) is 24.3 Å². The Kier molecular flexibility index (Phi) is 3.65. The molecule has 3 aromatic rings. The van der Waals surface area contributed by atoms with E-state index < -0.39 is 5.91 Å². The lowest BCUT2D eigenvalue weighted by atomic mass is 10.1. The summed E-state index contributed by atoms with van der Waals surface area (Å²) in [5.74, 6) is -0.975. The average Bonchev–Trinajstić information content (AvgIpc) is 2.83. The zero-order valence-corrected chi connectivity index (χ0v) is 11.5. The fourth-order valence-corrected chi connectivity index (χ4v) is 2.13. The largest absolute Gasteiger partial charge is 0.493 e. The second kappa shape index (κ2) is 5.77. The van der Waals surface area contributed by atoms with Crippen molar-refractivity contribution >= 4 is 22.5 Å². The number of nitrogens with one attached hydrogen (secondary N) is 1. The Morgan fingerprint density at radius 2 is 1.86 bits per heavy atom. The third-order valence-electron chi connectivity index (χ3n) is 3.19. The maximum Gasteiger partial charge on any atom is 0.269 e. The summed E-state index contributed by atoms with van der Waals surface area (Å²) in [5, 5.41) is 17.9. The number of H-pyrrole nitrogens is 1. The minimum absolute atomic E-state index is 0.0207. The summed E-state index contributed by atoms with van der Waals surface area (Å²) < 4.78 is 12.8. The molecule has 3 rings (SSSR count). The minimum atomic E-state index is -0.476. The quantitative estimate of drug-likeness (QED) is 0.720. The number of benzene rings is 2. The maximum atomic E-state index is 12.8. The summed E-state index contributed by atoms with van der Waals surface area (Å²) in [7, 11) is 0. The summed E-state index contributed by atoms with van der Waals surface area (Å²) in [5.41, 5.74) is 1.58. The summed E-state index contributed by atoms with van der Waals surface area (Å²) >= 11 is 0. The number of hydrogen-bond acceptors (Lipinski definition) is 3. The first kappa shape index (κ1) is 13.9. The second-order valence-corrected chi connectivity index (χ2v) is 4.76. The molecule has 110 valence electrons. The van der Waals surface area contributed by atoms with Crippen LogP contribution in [0.1, 0.15) is 5.56 Å². The molecule has 2 N–H and O–H groups in total. The molecule has 0 aliphatic heterocycles. The number of azo groups is 1. The molecule has 0 aliphatic rings. The fraction of sp³-hybridized carbons (Fsp3) is 0.0625. The lowest BCUT2D eigenvalue weighted by Crippen LogP contribution is -1.97. The molecule has 22 heavy (non-hydrogen) atoms. The first-order valence-corrected chi connectivity index (χ1v) is 6.62. The van der Waals surface area contributed by atoms with Crippen LogP contribution < -0.4 is 0 Å². The maximum absolute atomic E-state index is 12.8. The predicted octanol–water partition coefficient (Wildman–Crippen LogP) is 3.87. The van der Waals surface area contributed by atoms with E-state index in [2.05, 4.69) is 15.2 Å². The van der Waals surface area contributed by atoms with Crippen molar-refractivity contribution in [1.29, 1.82) is 0 Å². The molecule has 0 saturated heterocycles. The van der Waals surface area contributed by atoms with Gasteiger partial charge in [0.2, 0.25) is 5.88 Å². The van der Waals surface area contributed by atoms with E-state index in [4.69, 9.17) is 0 Å². The van der Waals surface area contributed by atoms with E-state index >= 15 is 0 Å². The van der Waals surface area contributed by atoms with Gasteiger partial charge in [0.25, 0.3) is 5.91 Å². The van der Waals surface area contributed by atoms with Crippen LogP contribution in [0.2, 0.25) is 0 Å². The molecule has 0 saturated carbocycles. The molecule has 6 heteroatoms. The number of rotatable bonds is 3. The molecule has 0 bridgehead atoms. The van der Waals surface area contributed by atoms with Gasteiger partial charge in [-0.05, 0) is 23.8 Å². The van der Waals surface area contributed by atoms with Crippen LogP contribution in [-0.2, 0) is 11.2 Å². The van der Waals surface area contributed by atoms with Crippen LogP contribution in [0.3, 0.4) is 0 Å². The number of nitrogens with zero attached hydrogens (tertiary/aromatic N) is 2. The van der Waals surface area contributed by atoms with E-state index in [9.17, 15) is 14.3 Å². The monoisotopic (exact) mass is 297 g/mol. The van der Waals surface area contributed by atoms with Crippen molar-refractivity contribution in [3.05, 3.63) is 59.9 Å². The van der Waals surface area contributed by atoms with Gasteiger partial charge < -0.3 is 10.1 Å². The molecule has 1 heterocycles. The van der Waals surface area contributed by atoms with Crippen LogP contribution in [-0.4, -0.2) is 16.0 Å². The van der Waals surface area contributed by atoms with Crippen LogP contribution >= 0.6 is 0 Å². The van der Waals surface area contributed by atoms with Gasteiger partial charge in [0.1, 0.15) is 5.82 Å². The number of carbonyl (C=O) groups is 1. The fourth-order valence-electron chi connectivity index (χ4n) is 2.13. The van der Waals surface area contributed by atoms with Crippen LogP contribution in [0.5, 0.6) is 5.88 Å². The van der Waals surface area contributed by atoms with E-state index in [-0.39, 0.29) is 23.8 Å². The first-order chi connectivity index (χ1) is 10.6. The van der Waals surface area contributed by atoms with Crippen molar-refractivity contribution in [3.63, 3.8) is 0 Å². The van der Waals surface area contributed by atoms with Crippen molar-refractivity contribution in [1.82, 2.24) is 4.98 Å². The molecule has 0 fully saturated rings. The van der Waals surface area contributed by atoms with Crippen molar-refractivity contribution in [3.8, 4) is 5.88 Å². The molecular formula is C16H12FN3O2. The lowest BCUT2D eigenvalue weighted by Gasteiger charge is -1.96. The molecule has 0 spiro atoms. The Balaban J connectivity index is 1.79. The summed E-state index contributed by atoms with van der Waals surface area (Å²) in [4.78, 5) is 14.5. The Labute approximate surface area is 125 Å². The molecule has 5 nitrogen and oxygen atoms in total. The van der Waals surface area contributed by atoms with Gasteiger partial charge in [-0.15, -0.1) is 10.2 Å². The normalized spacial score (nSPS) is 11.3. The Bertz CT molecular complexity index is 853.